The van der Waals surface area contributed by atoms with Crippen LogP contribution in [-0.4, -0.2) is 25.2 Å². The molecule has 0 spiro atoms. The summed E-state index contributed by atoms with van der Waals surface area (Å²) in [5.41, 5.74) is 4.60. The van der Waals surface area contributed by atoms with Crippen molar-refractivity contribution in [3.63, 3.8) is 0 Å². The molecule has 0 radical (unpaired) electrons. The number of tetrazole rings is 1. The molecule has 0 amide bonds. The lowest BCUT2D eigenvalue weighted by Crippen LogP contribution is -1.98. The quantitative estimate of drug-likeness (QED) is 0.414. The Morgan fingerprint density at radius 1 is 0.871 bits per heavy atom. The van der Waals surface area contributed by atoms with Crippen LogP contribution in [-0.2, 0) is 13.2 Å². The Hall–Kier alpha value is -4.19. The van der Waals surface area contributed by atoms with E-state index in [9.17, 15) is 0 Å². The van der Waals surface area contributed by atoms with Gasteiger partial charge in [-0.15, -0.1) is 10.2 Å². The van der Waals surface area contributed by atoms with Crippen molar-refractivity contribution in [1.82, 2.24) is 25.2 Å². The third kappa shape index (κ3) is 4.38. The molecule has 2 aromatic heterocycles. The minimum Gasteiger partial charge on any atom is -0.489 e. The standard InChI is InChI=1S/C25H21N5O/c1-3-7-19(8-4-1)16-30-17-21(11-14-25-26-28-29-27-25)23-15-22(12-13-24(23)30)31-18-20-9-5-2-6-10-20/h1-15,17H,16,18H2,(H,26,27,28,29). The number of ether oxygens (including phenoxy) is 1. The van der Waals surface area contributed by atoms with Crippen molar-refractivity contribution < 1.29 is 4.74 Å². The summed E-state index contributed by atoms with van der Waals surface area (Å²) in [6.45, 7) is 1.32. The highest BCUT2D eigenvalue weighted by Gasteiger charge is 2.09. The second-order valence-corrected chi connectivity index (χ2v) is 7.25. The molecule has 1 N–H and O–H groups in total. The average molecular weight is 407 g/mol. The van der Waals surface area contributed by atoms with Gasteiger partial charge in [0.05, 0.1) is 0 Å². The molecule has 0 atom stereocenters. The maximum Gasteiger partial charge on any atom is 0.197 e. The first-order chi connectivity index (χ1) is 15.3. The highest BCUT2D eigenvalue weighted by atomic mass is 16.5. The molecule has 0 bridgehead atoms. The van der Waals surface area contributed by atoms with E-state index in [-0.39, 0.29) is 0 Å². The SMILES string of the molecule is C(=Cc1cn(Cc2ccccc2)c2ccc(OCc3ccccc3)cc12)c1nn[nH]n1. The zero-order valence-electron chi connectivity index (χ0n) is 16.8. The summed E-state index contributed by atoms with van der Waals surface area (Å²) in [7, 11) is 0. The lowest BCUT2D eigenvalue weighted by atomic mass is 10.1. The Morgan fingerprint density at radius 2 is 1.65 bits per heavy atom. The molecule has 5 rings (SSSR count). The fraction of sp³-hybridized carbons (Fsp3) is 0.0800. The van der Waals surface area contributed by atoms with Gasteiger partial charge in [-0.3, -0.25) is 0 Å². The van der Waals surface area contributed by atoms with E-state index in [1.807, 2.05) is 42.5 Å². The topological polar surface area (TPSA) is 68.6 Å². The van der Waals surface area contributed by atoms with Crippen molar-refractivity contribution in [2.45, 2.75) is 13.2 Å². The van der Waals surface area contributed by atoms with Crippen molar-refractivity contribution >= 4 is 23.1 Å². The minimum atomic E-state index is 0.533. The molecule has 0 saturated carbocycles. The number of hydrogen-bond donors (Lipinski definition) is 1. The Morgan fingerprint density at radius 3 is 2.39 bits per heavy atom. The van der Waals surface area contributed by atoms with Crippen molar-refractivity contribution in [2.24, 2.45) is 0 Å². The molecule has 0 aliphatic carbocycles. The highest BCUT2D eigenvalue weighted by Crippen LogP contribution is 2.28. The number of hydrogen-bond acceptors (Lipinski definition) is 4. The second-order valence-electron chi connectivity index (χ2n) is 7.25. The number of benzene rings is 3. The molecule has 152 valence electrons. The van der Waals surface area contributed by atoms with E-state index < -0.39 is 0 Å². The summed E-state index contributed by atoms with van der Waals surface area (Å²) >= 11 is 0. The molecule has 0 aliphatic heterocycles. The number of rotatable bonds is 7. The van der Waals surface area contributed by atoms with Crippen LogP contribution in [0.15, 0.2) is 85.1 Å². The van der Waals surface area contributed by atoms with Crippen LogP contribution >= 0.6 is 0 Å². The van der Waals surface area contributed by atoms with Gasteiger partial charge in [0.15, 0.2) is 5.82 Å². The van der Waals surface area contributed by atoms with Gasteiger partial charge in [-0.1, -0.05) is 60.7 Å². The highest BCUT2D eigenvalue weighted by molar-refractivity contribution is 5.92. The summed E-state index contributed by atoms with van der Waals surface area (Å²) in [4.78, 5) is 0. The van der Waals surface area contributed by atoms with Gasteiger partial charge in [0.1, 0.15) is 12.4 Å². The first-order valence-corrected chi connectivity index (χ1v) is 10.1. The predicted molar refractivity (Wildman–Crippen MR) is 121 cm³/mol. The number of aromatic nitrogens is 5. The number of aromatic amines is 1. The number of nitrogens with zero attached hydrogens (tertiary/aromatic N) is 4. The average Bonchev–Trinajstić information content (AvgIpc) is 3.46. The van der Waals surface area contributed by atoms with Gasteiger partial charge in [-0.05, 0) is 46.7 Å². The Balaban J connectivity index is 1.48. The van der Waals surface area contributed by atoms with Crippen LogP contribution < -0.4 is 4.74 Å². The lowest BCUT2D eigenvalue weighted by Gasteiger charge is -2.08. The zero-order chi connectivity index (χ0) is 20.9. The minimum absolute atomic E-state index is 0.533. The number of fused-ring (bicyclic) bond motifs is 1. The monoisotopic (exact) mass is 407 g/mol. The van der Waals surface area contributed by atoms with Gasteiger partial charge in [0.2, 0.25) is 0 Å². The molecule has 6 heteroatoms. The first kappa shape index (κ1) is 18.8. The van der Waals surface area contributed by atoms with Crippen LogP contribution in [0.5, 0.6) is 5.75 Å². The molecule has 0 fully saturated rings. The Bertz CT molecular complexity index is 1290. The van der Waals surface area contributed by atoms with Crippen molar-refractivity contribution in [3.05, 3.63) is 108 Å². The third-order valence-corrected chi connectivity index (χ3v) is 5.10. The summed E-state index contributed by atoms with van der Waals surface area (Å²) in [6, 6.07) is 26.8. The maximum atomic E-state index is 6.06. The van der Waals surface area contributed by atoms with Gasteiger partial charge in [0, 0.05) is 29.2 Å². The molecule has 3 aromatic carbocycles. The van der Waals surface area contributed by atoms with E-state index in [0.29, 0.717) is 12.4 Å². The van der Waals surface area contributed by atoms with Crippen LogP contribution in [0.3, 0.4) is 0 Å². The molecule has 6 nitrogen and oxygen atoms in total. The van der Waals surface area contributed by atoms with Crippen LogP contribution in [0, 0.1) is 0 Å². The largest absolute Gasteiger partial charge is 0.489 e. The van der Waals surface area contributed by atoms with E-state index in [4.69, 9.17) is 4.74 Å². The van der Waals surface area contributed by atoms with E-state index >= 15 is 0 Å². The second kappa shape index (κ2) is 8.67. The van der Waals surface area contributed by atoms with E-state index in [1.165, 1.54) is 5.56 Å². The zero-order valence-corrected chi connectivity index (χ0v) is 16.8. The predicted octanol–water partition coefficient (Wildman–Crippen LogP) is 4.95. The van der Waals surface area contributed by atoms with Crippen molar-refractivity contribution in [3.8, 4) is 5.75 Å². The van der Waals surface area contributed by atoms with Gasteiger partial charge in [-0.25, -0.2) is 0 Å². The Labute approximate surface area is 179 Å². The molecule has 5 aromatic rings. The van der Waals surface area contributed by atoms with Gasteiger partial charge < -0.3 is 9.30 Å². The number of H-pyrrole nitrogens is 1. The molecule has 31 heavy (non-hydrogen) atoms. The fourth-order valence-electron chi connectivity index (χ4n) is 3.58. The third-order valence-electron chi connectivity index (χ3n) is 5.10. The molecule has 0 unspecified atom stereocenters. The molecular weight excluding hydrogens is 386 g/mol. The molecular formula is C25H21N5O. The molecule has 0 saturated heterocycles. The fourth-order valence-corrected chi connectivity index (χ4v) is 3.58. The van der Waals surface area contributed by atoms with E-state index in [0.717, 1.165) is 34.3 Å². The maximum absolute atomic E-state index is 6.06. The summed E-state index contributed by atoms with van der Waals surface area (Å²) in [5.74, 6) is 1.38. The van der Waals surface area contributed by atoms with E-state index in [1.54, 1.807) is 0 Å². The summed E-state index contributed by atoms with van der Waals surface area (Å²) < 4.78 is 8.31. The van der Waals surface area contributed by atoms with Crippen LogP contribution in [0.2, 0.25) is 0 Å². The summed E-state index contributed by atoms with van der Waals surface area (Å²) in [5, 5.41) is 15.2. The van der Waals surface area contributed by atoms with Crippen molar-refractivity contribution in [2.75, 3.05) is 0 Å². The molecule has 0 aliphatic rings. The normalized spacial score (nSPS) is 11.4. The first-order valence-electron chi connectivity index (χ1n) is 10.1. The smallest absolute Gasteiger partial charge is 0.197 e. The van der Waals surface area contributed by atoms with Gasteiger partial charge in [0.25, 0.3) is 0 Å². The van der Waals surface area contributed by atoms with Gasteiger partial charge in [-0.2, -0.15) is 5.21 Å². The lowest BCUT2D eigenvalue weighted by molar-refractivity contribution is 0.306. The van der Waals surface area contributed by atoms with Crippen LogP contribution in [0.1, 0.15) is 22.5 Å². The summed E-state index contributed by atoms with van der Waals surface area (Å²) in [6.07, 6.45) is 6.01. The van der Waals surface area contributed by atoms with Crippen molar-refractivity contribution in [1.29, 1.82) is 0 Å². The van der Waals surface area contributed by atoms with E-state index in [2.05, 4.69) is 79.9 Å². The number of nitrogens with one attached hydrogen (secondary N) is 1. The Kier molecular flexibility index (Phi) is 5.26. The van der Waals surface area contributed by atoms with Gasteiger partial charge >= 0.3 is 0 Å². The van der Waals surface area contributed by atoms with Crippen LogP contribution in [0.4, 0.5) is 0 Å². The molecule has 2 heterocycles. The van der Waals surface area contributed by atoms with Crippen LogP contribution in [0.25, 0.3) is 23.1 Å².